The van der Waals surface area contributed by atoms with E-state index in [0.717, 1.165) is 7.11 Å². The van der Waals surface area contributed by atoms with Gasteiger partial charge in [-0.15, -0.1) is 0 Å². The third-order valence-electron chi connectivity index (χ3n) is 1.90. The van der Waals surface area contributed by atoms with E-state index in [4.69, 9.17) is 14.7 Å². The van der Waals surface area contributed by atoms with E-state index in [2.05, 4.69) is 49.4 Å². The molecule has 0 aromatic heterocycles. The summed E-state index contributed by atoms with van der Waals surface area (Å²) in [5.41, 5.74) is 1.32. The van der Waals surface area contributed by atoms with Gasteiger partial charge in [0.2, 0.25) is 0 Å². The number of benzene rings is 2. The third kappa shape index (κ3) is 6.22. The summed E-state index contributed by atoms with van der Waals surface area (Å²) >= 11 is 0. The van der Waals surface area contributed by atoms with Crippen LogP contribution in [0.1, 0.15) is 5.56 Å². The molecule has 2 rings (SSSR count). The minimum Gasteiger partial charge on any atom is -0.400 e. The van der Waals surface area contributed by atoms with Crippen molar-refractivity contribution in [2.75, 3.05) is 7.11 Å². The number of carbonyl (C=O) groups excluding carboxylic acids is 2. The number of hydrogen-bond donors (Lipinski definition) is 1. The molecular formula is C14H18O3. The first-order valence-electron chi connectivity index (χ1n) is 4.84. The van der Waals surface area contributed by atoms with Crippen LogP contribution < -0.4 is 0 Å². The first-order chi connectivity index (χ1) is 8.36. The molecule has 0 bridgehead atoms. The normalized spacial score (nSPS) is 7.47. The van der Waals surface area contributed by atoms with E-state index in [-0.39, 0.29) is 0 Å². The molecule has 0 saturated heterocycles. The largest absolute Gasteiger partial charge is 0.400 e. The van der Waals surface area contributed by atoms with Crippen LogP contribution in [0.15, 0.2) is 42.5 Å². The van der Waals surface area contributed by atoms with Crippen molar-refractivity contribution in [1.29, 1.82) is 0 Å². The zero-order valence-electron chi connectivity index (χ0n) is 10.2. The van der Waals surface area contributed by atoms with Crippen LogP contribution in [0.5, 0.6) is 0 Å². The van der Waals surface area contributed by atoms with Crippen LogP contribution in [-0.4, -0.2) is 25.8 Å². The fraction of sp³-hybridized carbons (Fsp3) is 0.143. The number of aryl methyl sites for hydroxylation is 1. The molecule has 0 aliphatic rings. The van der Waals surface area contributed by atoms with Crippen molar-refractivity contribution in [3.05, 3.63) is 48.0 Å². The van der Waals surface area contributed by atoms with Crippen molar-refractivity contribution in [1.82, 2.24) is 0 Å². The third-order valence-corrected chi connectivity index (χ3v) is 1.90. The van der Waals surface area contributed by atoms with Gasteiger partial charge in [-0.3, -0.25) is 0 Å². The van der Waals surface area contributed by atoms with E-state index >= 15 is 0 Å². The molecule has 0 fully saturated rings. The Balaban J connectivity index is 0. The SMILES string of the molecule is C=O.C=O.CO.Cc1ccc2ccccc2c1. The van der Waals surface area contributed by atoms with Gasteiger partial charge in [-0.1, -0.05) is 48.0 Å². The monoisotopic (exact) mass is 234 g/mol. The lowest BCUT2D eigenvalue weighted by Crippen LogP contribution is -1.73. The van der Waals surface area contributed by atoms with E-state index in [1.54, 1.807) is 0 Å². The molecule has 1 N–H and O–H groups in total. The van der Waals surface area contributed by atoms with Crippen LogP contribution in [0.4, 0.5) is 0 Å². The van der Waals surface area contributed by atoms with Gasteiger partial charge in [0, 0.05) is 7.11 Å². The fourth-order valence-corrected chi connectivity index (χ4v) is 1.31. The molecule has 92 valence electrons. The number of carbonyl (C=O) groups is 2. The molecule has 0 radical (unpaired) electrons. The highest BCUT2D eigenvalue weighted by Gasteiger charge is 1.89. The first-order valence-corrected chi connectivity index (χ1v) is 4.84. The molecule has 0 saturated carbocycles. The molecule has 0 unspecified atom stereocenters. The highest BCUT2D eigenvalue weighted by Crippen LogP contribution is 2.14. The predicted octanol–water partition coefficient (Wildman–Crippen LogP) is 2.39. The Morgan fingerprint density at radius 3 is 1.82 bits per heavy atom. The quantitative estimate of drug-likeness (QED) is 0.761. The summed E-state index contributed by atoms with van der Waals surface area (Å²) in [5.74, 6) is 0. The molecule has 0 aliphatic carbocycles. The van der Waals surface area contributed by atoms with Crippen LogP contribution in [0.25, 0.3) is 10.8 Å². The Morgan fingerprint density at radius 2 is 1.29 bits per heavy atom. The lowest BCUT2D eigenvalue weighted by Gasteiger charge is -1.96. The topological polar surface area (TPSA) is 54.4 Å². The fourth-order valence-electron chi connectivity index (χ4n) is 1.31. The van der Waals surface area contributed by atoms with Crippen LogP contribution in [0.3, 0.4) is 0 Å². The van der Waals surface area contributed by atoms with Gasteiger partial charge in [0.15, 0.2) is 0 Å². The summed E-state index contributed by atoms with van der Waals surface area (Å²) in [4.78, 5) is 16.0. The van der Waals surface area contributed by atoms with E-state index < -0.39 is 0 Å². The summed E-state index contributed by atoms with van der Waals surface area (Å²) in [7, 11) is 1.00. The predicted molar refractivity (Wildman–Crippen MR) is 71.1 cm³/mol. The molecule has 17 heavy (non-hydrogen) atoms. The second kappa shape index (κ2) is 12.1. The molecule has 0 spiro atoms. The summed E-state index contributed by atoms with van der Waals surface area (Å²) in [6, 6.07) is 14.9. The van der Waals surface area contributed by atoms with Crippen LogP contribution in [-0.2, 0) is 9.59 Å². The highest BCUT2D eigenvalue weighted by molar-refractivity contribution is 5.82. The van der Waals surface area contributed by atoms with Gasteiger partial charge >= 0.3 is 0 Å². The summed E-state index contributed by atoms with van der Waals surface area (Å²) in [6.07, 6.45) is 0. The average molecular weight is 234 g/mol. The van der Waals surface area contributed by atoms with Crippen molar-refractivity contribution in [2.45, 2.75) is 6.92 Å². The smallest absolute Gasteiger partial charge is 0.106 e. The number of hydrogen-bond acceptors (Lipinski definition) is 3. The Hall–Kier alpha value is -2.00. The van der Waals surface area contributed by atoms with Gasteiger partial charge in [-0.25, -0.2) is 0 Å². The zero-order chi connectivity index (χ0) is 13.7. The minimum atomic E-state index is 1.00. The summed E-state index contributed by atoms with van der Waals surface area (Å²) < 4.78 is 0. The molecule has 3 heteroatoms. The van der Waals surface area contributed by atoms with Gasteiger partial charge in [0.05, 0.1) is 0 Å². The minimum absolute atomic E-state index is 1.00. The number of rotatable bonds is 0. The maximum atomic E-state index is 8.00. The molecule has 0 amide bonds. The molecule has 3 nitrogen and oxygen atoms in total. The molecule has 0 heterocycles. The Kier molecular flexibility index (Phi) is 12.4. The molecule has 0 atom stereocenters. The maximum Gasteiger partial charge on any atom is 0.106 e. The molecule has 0 aliphatic heterocycles. The summed E-state index contributed by atoms with van der Waals surface area (Å²) in [6.45, 7) is 6.12. The second-order valence-electron chi connectivity index (χ2n) is 2.85. The van der Waals surface area contributed by atoms with Gasteiger partial charge in [-0.05, 0) is 17.7 Å². The van der Waals surface area contributed by atoms with Crippen LogP contribution >= 0.6 is 0 Å². The van der Waals surface area contributed by atoms with Gasteiger partial charge in [-0.2, -0.15) is 0 Å². The van der Waals surface area contributed by atoms with Gasteiger partial charge in [0.1, 0.15) is 13.6 Å². The zero-order valence-corrected chi connectivity index (χ0v) is 10.2. The highest BCUT2D eigenvalue weighted by atomic mass is 16.2. The Morgan fingerprint density at radius 1 is 0.824 bits per heavy atom. The number of fused-ring (bicyclic) bond motifs is 1. The van der Waals surface area contributed by atoms with Crippen molar-refractivity contribution in [3.63, 3.8) is 0 Å². The second-order valence-corrected chi connectivity index (χ2v) is 2.85. The standard InChI is InChI=1S/C11H10.CH4O.2CH2O/c1-9-6-7-10-4-2-3-5-11(10)8-9;3*1-2/h2-8H,1H3;2H,1H3;2*1H2. The van der Waals surface area contributed by atoms with Crippen molar-refractivity contribution in [3.8, 4) is 0 Å². The van der Waals surface area contributed by atoms with Crippen molar-refractivity contribution >= 4 is 24.4 Å². The van der Waals surface area contributed by atoms with Crippen LogP contribution in [0.2, 0.25) is 0 Å². The molecule has 2 aromatic carbocycles. The first kappa shape index (κ1) is 17.4. The Labute approximate surface area is 102 Å². The van der Waals surface area contributed by atoms with E-state index in [0.29, 0.717) is 0 Å². The average Bonchev–Trinajstić information content (AvgIpc) is 2.45. The van der Waals surface area contributed by atoms with E-state index in [9.17, 15) is 0 Å². The summed E-state index contributed by atoms with van der Waals surface area (Å²) in [5, 5.41) is 9.64. The number of aliphatic hydroxyl groups excluding tert-OH is 1. The molecule has 2 aromatic rings. The van der Waals surface area contributed by atoms with E-state index in [1.165, 1.54) is 16.3 Å². The lowest BCUT2D eigenvalue weighted by molar-refractivity contribution is -0.0987. The lowest BCUT2D eigenvalue weighted by atomic mass is 10.1. The van der Waals surface area contributed by atoms with Gasteiger partial charge < -0.3 is 14.7 Å². The molecular weight excluding hydrogens is 216 g/mol. The Bertz CT molecular complexity index is 411. The maximum absolute atomic E-state index is 8.00. The van der Waals surface area contributed by atoms with Crippen LogP contribution in [0, 0.1) is 6.92 Å². The number of aliphatic hydroxyl groups is 1. The van der Waals surface area contributed by atoms with Crippen molar-refractivity contribution in [2.24, 2.45) is 0 Å². The van der Waals surface area contributed by atoms with Gasteiger partial charge in [0.25, 0.3) is 0 Å². The van der Waals surface area contributed by atoms with Crippen molar-refractivity contribution < 1.29 is 14.7 Å². The van der Waals surface area contributed by atoms with E-state index in [1.807, 2.05) is 13.6 Å².